The summed E-state index contributed by atoms with van der Waals surface area (Å²) in [5, 5.41) is 3.64. The summed E-state index contributed by atoms with van der Waals surface area (Å²) in [6.45, 7) is 0. The quantitative estimate of drug-likeness (QED) is 0.865. The van der Waals surface area contributed by atoms with Gasteiger partial charge in [-0.05, 0) is 62.5 Å². The Morgan fingerprint density at radius 2 is 1.82 bits per heavy atom. The highest BCUT2D eigenvalue weighted by molar-refractivity contribution is 7.98. The zero-order valence-corrected chi connectivity index (χ0v) is 13.5. The van der Waals surface area contributed by atoms with Gasteiger partial charge in [0, 0.05) is 11.5 Å². The summed E-state index contributed by atoms with van der Waals surface area (Å²) in [7, 11) is 0. The second-order valence-corrected chi connectivity index (χ2v) is 8.32. The van der Waals surface area contributed by atoms with Gasteiger partial charge in [0.25, 0.3) is 5.56 Å². The van der Waals surface area contributed by atoms with E-state index >= 15 is 0 Å². The Hall–Kier alpha value is -1.30. The fourth-order valence-electron chi connectivity index (χ4n) is 5.64. The van der Waals surface area contributed by atoms with E-state index in [1.165, 1.54) is 38.5 Å². The van der Waals surface area contributed by atoms with Gasteiger partial charge in [0.05, 0.1) is 0 Å². The summed E-state index contributed by atoms with van der Waals surface area (Å²) >= 11 is 1.57. The summed E-state index contributed by atoms with van der Waals surface area (Å²) in [5.41, 5.74) is 0.788. The number of thioether (sulfide) groups is 1. The Balaban J connectivity index is 1.68. The van der Waals surface area contributed by atoms with Crippen LogP contribution < -0.4 is 5.56 Å². The van der Waals surface area contributed by atoms with Crippen molar-refractivity contribution in [2.24, 2.45) is 17.8 Å². The number of nitrogens with zero attached hydrogens (tertiary/aromatic N) is 3. The number of hydrogen-bond donors (Lipinski definition) is 1. The standard InChI is InChI=1S/C16H20N4OS/c1-22-15-18-14(17-12-5-13(21)19-20(12)15)16-6-9-2-10(7-16)4-11(3-9)8-16/h5,9-11H,2-4,6-8H2,1H3,(H,19,21). The Bertz CT molecular complexity index is 773. The molecule has 1 N–H and O–H groups in total. The van der Waals surface area contributed by atoms with E-state index in [0.717, 1.165) is 34.4 Å². The molecule has 0 unspecified atom stereocenters. The van der Waals surface area contributed by atoms with Gasteiger partial charge in [-0.25, -0.2) is 14.5 Å². The smallest absolute Gasteiger partial charge is 0.266 e. The largest absolute Gasteiger partial charge is 0.268 e. The third-order valence-electron chi connectivity index (χ3n) is 6.02. The van der Waals surface area contributed by atoms with Gasteiger partial charge in [0.1, 0.15) is 5.82 Å². The van der Waals surface area contributed by atoms with Crippen molar-refractivity contribution in [1.29, 1.82) is 0 Å². The van der Waals surface area contributed by atoms with Crippen molar-refractivity contribution in [1.82, 2.24) is 19.6 Å². The maximum atomic E-state index is 11.7. The molecule has 4 aliphatic rings. The molecule has 2 aromatic rings. The fraction of sp³-hybridized carbons (Fsp3) is 0.688. The van der Waals surface area contributed by atoms with E-state index in [1.807, 2.05) is 6.26 Å². The lowest BCUT2D eigenvalue weighted by Gasteiger charge is -2.55. The Morgan fingerprint density at radius 3 is 2.41 bits per heavy atom. The van der Waals surface area contributed by atoms with Crippen molar-refractivity contribution in [2.75, 3.05) is 6.26 Å². The maximum absolute atomic E-state index is 11.7. The minimum absolute atomic E-state index is 0.104. The van der Waals surface area contributed by atoms with Gasteiger partial charge in [0.2, 0.25) is 0 Å². The van der Waals surface area contributed by atoms with Crippen molar-refractivity contribution in [3.05, 3.63) is 22.2 Å². The molecule has 4 aliphatic carbocycles. The van der Waals surface area contributed by atoms with Crippen molar-refractivity contribution >= 4 is 17.4 Å². The molecule has 0 aliphatic heterocycles. The summed E-state index contributed by atoms with van der Waals surface area (Å²) in [6, 6.07) is 1.59. The van der Waals surface area contributed by atoms with E-state index in [0.29, 0.717) is 0 Å². The SMILES string of the molecule is CSc1nc(C23CC4CC(CC(C4)C2)C3)nc2cc(=O)[nH]n12. The lowest BCUT2D eigenvalue weighted by atomic mass is 9.49. The predicted octanol–water partition coefficient (Wildman–Crippen LogP) is 2.61. The topological polar surface area (TPSA) is 63.0 Å². The minimum atomic E-state index is -0.104. The second-order valence-electron chi connectivity index (χ2n) is 7.55. The summed E-state index contributed by atoms with van der Waals surface area (Å²) in [6.07, 6.45) is 10.00. The van der Waals surface area contributed by atoms with Crippen LogP contribution in [0.1, 0.15) is 44.3 Å². The molecule has 22 heavy (non-hydrogen) atoms. The van der Waals surface area contributed by atoms with Crippen LogP contribution in [0.3, 0.4) is 0 Å². The molecule has 4 saturated carbocycles. The van der Waals surface area contributed by atoms with E-state index in [-0.39, 0.29) is 11.0 Å². The van der Waals surface area contributed by atoms with Crippen LogP contribution in [0.15, 0.2) is 16.0 Å². The zero-order chi connectivity index (χ0) is 14.9. The summed E-state index contributed by atoms with van der Waals surface area (Å²) in [5.74, 6) is 3.61. The fourth-order valence-corrected chi connectivity index (χ4v) is 6.14. The average Bonchev–Trinajstić information content (AvgIpc) is 2.85. The number of H-pyrrole nitrogens is 1. The van der Waals surface area contributed by atoms with Gasteiger partial charge in [-0.1, -0.05) is 11.8 Å². The minimum Gasteiger partial charge on any atom is -0.268 e. The molecule has 4 fully saturated rings. The number of rotatable bonds is 2. The van der Waals surface area contributed by atoms with Crippen molar-refractivity contribution < 1.29 is 0 Å². The normalized spacial score (nSPS) is 36.3. The van der Waals surface area contributed by atoms with E-state index in [9.17, 15) is 4.79 Å². The lowest BCUT2D eigenvalue weighted by Crippen LogP contribution is -2.49. The number of aromatic nitrogens is 4. The molecule has 5 nitrogen and oxygen atoms in total. The predicted molar refractivity (Wildman–Crippen MR) is 85.2 cm³/mol. The Morgan fingerprint density at radius 1 is 1.18 bits per heavy atom. The monoisotopic (exact) mass is 316 g/mol. The van der Waals surface area contributed by atoms with Gasteiger partial charge < -0.3 is 0 Å². The third-order valence-corrected chi connectivity index (χ3v) is 6.66. The van der Waals surface area contributed by atoms with Crippen LogP contribution in [-0.2, 0) is 5.41 Å². The van der Waals surface area contributed by atoms with Crippen LogP contribution in [0, 0.1) is 17.8 Å². The van der Waals surface area contributed by atoms with Crippen LogP contribution >= 0.6 is 11.8 Å². The molecular weight excluding hydrogens is 296 g/mol. The lowest BCUT2D eigenvalue weighted by molar-refractivity contribution is -0.00972. The summed E-state index contributed by atoms with van der Waals surface area (Å²) < 4.78 is 1.72. The maximum Gasteiger partial charge on any atom is 0.266 e. The van der Waals surface area contributed by atoms with Crippen LogP contribution in [0.4, 0.5) is 0 Å². The van der Waals surface area contributed by atoms with Crippen LogP contribution in [-0.4, -0.2) is 25.8 Å². The molecule has 116 valence electrons. The van der Waals surface area contributed by atoms with Crippen molar-refractivity contribution in [3.8, 4) is 0 Å². The first-order valence-electron chi connectivity index (χ1n) is 8.19. The molecule has 2 heterocycles. The molecule has 0 radical (unpaired) electrons. The van der Waals surface area contributed by atoms with Crippen molar-refractivity contribution in [2.45, 2.75) is 49.1 Å². The molecule has 0 saturated heterocycles. The highest BCUT2D eigenvalue weighted by Gasteiger charge is 2.53. The second kappa shape index (κ2) is 4.37. The van der Waals surface area contributed by atoms with E-state index in [2.05, 4.69) is 5.10 Å². The Kier molecular flexibility index (Phi) is 2.62. The van der Waals surface area contributed by atoms with Crippen LogP contribution in [0.25, 0.3) is 5.65 Å². The molecular formula is C16H20N4OS. The molecule has 2 aromatic heterocycles. The molecule has 4 bridgehead atoms. The molecule has 0 aromatic carbocycles. The number of nitrogens with one attached hydrogen (secondary N) is 1. The molecule has 0 atom stereocenters. The molecule has 0 spiro atoms. The Labute approximate surface area is 132 Å². The number of fused-ring (bicyclic) bond motifs is 1. The first kappa shape index (κ1) is 13.2. The highest BCUT2D eigenvalue weighted by Crippen LogP contribution is 2.60. The zero-order valence-electron chi connectivity index (χ0n) is 12.7. The summed E-state index contributed by atoms with van der Waals surface area (Å²) in [4.78, 5) is 21.3. The average molecular weight is 316 g/mol. The van der Waals surface area contributed by atoms with Gasteiger partial charge in [-0.15, -0.1) is 0 Å². The van der Waals surface area contributed by atoms with E-state index < -0.39 is 0 Å². The highest BCUT2D eigenvalue weighted by atomic mass is 32.2. The van der Waals surface area contributed by atoms with Crippen LogP contribution in [0.5, 0.6) is 0 Å². The first-order chi connectivity index (χ1) is 10.6. The first-order valence-corrected chi connectivity index (χ1v) is 9.42. The van der Waals surface area contributed by atoms with Gasteiger partial charge in [-0.3, -0.25) is 9.89 Å². The van der Waals surface area contributed by atoms with E-state index in [1.54, 1.807) is 22.3 Å². The molecule has 0 amide bonds. The van der Waals surface area contributed by atoms with Gasteiger partial charge in [0.15, 0.2) is 10.8 Å². The van der Waals surface area contributed by atoms with E-state index in [4.69, 9.17) is 9.97 Å². The number of hydrogen-bond acceptors (Lipinski definition) is 4. The van der Waals surface area contributed by atoms with Crippen molar-refractivity contribution in [3.63, 3.8) is 0 Å². The van der Waals surface area contributed by atoms with Crippen LogP contribution in [0.2, 0.25) is 0 Å². The van der Waals surface area contributed by atoms with Gasteiger partial charge >= 0.3 is 0 Å². The molecule has 6 rings (SSSR count). The molecule has 6 heteroatoms. The third kappa shape index (κ3) is 1.76. The van der Waals surface area contributed by atoms with Gasteiger partial charge in [-0.2, -0.15) is 0 Å². The number of aromatic amines is 1.